The predicted octanol–water partition coefficient (Wildman–Crippen LogP) is 0.258. The fraction of sp³-hybridized carbons (Fsp3) is 0.867. The monoisotopic (exact) mass is 331 g/mol. The summed E-state index contributed by atoms with van der Waals surface area (Å²) in [5.41, 5.74) is 0. The minimum Gasteiger partial charge on any atom is -0.368 e. The third-order valence-electron chi connectivity index (χ3n) is 4.80. The number of rotatable bonds is 2. The number of nitrogens with zero attached hydrogens (tertiary/aromatic N) is 2. The topological polar surface area (TPSA) is 61.9 Å². The van der Waals surface area contributed by atoms with Crippen molar-refractivity contribution >= 4 is 24.2 Å². The van der Waals surface area contributed by atoms with Crippen LogP contribution >= 0.6 is 12.4 Å². The van der Waals surface area contributed by atoms with Gasteiger partial charge in [-0.15, -0.1) is 12.4 Å². The first-order chi connectivity index (χ1) is 10.3. The molecule has 1 N–H and O–H groups in total. The van der Waals surface area contributed by atoms with Crippen molar-refractivity contribution < 1.29 is 14.3 Å². The summed E-state index contributed by atoms with van der Waals surface area (Å²) in [7, 11) is 0. The van der Waals surface area contributed by atoms with E-state index in [1.807, 2.05) is 9.80 Å². The van der Waals surface area contributed by atoms with Gasteiger partial charge in [0.2, 0.25) is 5.91 Å². The van der Waals surface area contributed by atoms with Crippen LogP contribution in [0.3, 0.4) is 0 Å². The van der Waals surface area contributed by atoms with E-state index in [0.717, 1.165) is 38.8 Å². The molecule has 126 valence electrons. The molecular weight excluding hydrogens is 306 g/mol. The number of carbonyl (C=O) groups is 2. The molecule has 0 aliphatic carbocycles. The van der Waals surface area contributed by atoms with Crippen molar-refractivity contribution in [3.05, 3.63) is 0 Å². The zero-order chi connectivity index (χ0) is 14.7. The van der Waals surface area contributed by atoms with Crippen LogP contribution in [0.5, 0.6) is 0 Å². The van der Waals surface area contributed by atoms with E-state index >= 15 is 0 Å². The molecule has 3 aliphatic heterocycles. The number of piperazine rings is 1. The van der Waals surface area contributed by atoms with Crippen molar-refractivity contribution in [1.29, 1.82) is 0 Å². The lowest BCUT2D eigenvalue weighted by Crippen LogP contribution is -2.54. The van der Waals surface area contributed by atoms with Crippen LogP contribution in [0.25, 0.3) is 0 Å². The van der Waals surface area contributed by atoms with Gasteiger partial charge in [0.25, 0.3) is 5.91 Å². The summed E-state index contributed by atoms with van der Waals surface area (Å²) in [5.74, 6) is 0.564. The van der Waals surface area contributed by atoms with Crippen LogP contribution in [0, 0.1) is 5.92 Å². The summed E-state index contributed by atoms with van der Waals surface area (Å²) in [5, 5.41) is 3.29. The summed E-state index contributed by atoms with van der Waals surface area (Å²) in [6.45, 7) is 5.21. The van der Waals surface area contributed by atoms with Gasteiger partial charge in [-0.3, -0.25) is 9.59 Å². The normalized spacial score (nSPS) is 26.6. The minimum atomic E-state index is -0.239. The fourth-order valence-electron chi connectivity index (χ4n) is 3.45. The highest BCUT2D eigenvalue weighted by Gasteiger charge is 2.33. The molecule has 0 aromatic heterocycles. The molecule has 22 heavy (non-hydrogen) atoms. The van der Waals surface area contributed by atoms with E-state index in [1.165, 1.54) is 0 Å². The number of amides is 2. The molecule has 1 unspecified atom stereocenters. The Bertz CT molecular complexity index is 387. The van der Waals surface area contributed by atoms with E-state index in [1.54, 1.807) is 0 Å². The maximum absolute atomic E-state index is 12.5. The van der Waals surface area contributed by atoms with Gasteiger partial charge in [-0.05, 0) is 38.8 Å². The maximum Gasteiger partial charge on any atom is 0.251 e. The first kappa shape index (κ1) is 17.5. The number of ether oxygens (including phenoxy) is 1. The molecule has 0 saturated carbocycles. The van der Waals surface area contributed by atoms with Crippen LogP contribution in [0.2, 0.25) is 0 Å². The number of piperidine rings is 1. The van der Waals surface area contributed by atoms with Gasteiger partial charge < -0.3 is 19.9 Å². The van der Waals surface area contributed by atoms with Gasteiger partial charge in [-0.2, -0.15) is 0 Å². The second-order valence-corrected chi connectivity index (χ2v) is 6.18. The molecule has 0 aromatic rings. The molecule has 3 saturated heterocycles. The summed E-state index contributed by atoms with van der Waals surface area (Å²) < 4.78 is 5.46. The highest BCUT2D eigenvalue weighted by atomic mass is 35.5. The standard InChI is InChI=1S/C15H25N3O3.ClH/c19-14(12-3-5-16-6-4-12)17-7-9-18(10-8-17)15(20)13-2-1-11-21-13;/h12-13,16H,1-11H2;1H. The molecule has 0 spiro atoms. The summed E-state index contributed by atoms with van der Waals surface area (Å²) in [6.07, 6.45) is 3.45. The van der Waals surface area contributed by atoms with E-state index in [0.29, 0.717) is 32.8 Å². The largest absolute Gasteiger partial charge is 0.368 e. The van der Waals surface area contributed by atoms with E-state index in [2.05, 4.69) is 5.32 Å². The number of hydrogen-bond acceptors (Lipinski definition) is 4. The van der Waals surface area contributed by atoms with Crippen molar-refractivity contribution in [2.75, 3.05) is 45.9 Å². The number of halogens is 1. The molecular formula is C15H26ClN3O3. The lowest BCUT2D eigenvalue weighted by molar-refractivity contribution is -0.147. The van der Waals surface area contributed by atoms with Crippen molar-refractivity contribution in [3.8, 4) is 0 Å². The summed E-state index contributed by atoms with van der Waals surface area (Å²) >= 11 is 0. The van der Waals surface area contributed by atoms with Gasteiger partial charge in [0.15, 0.2) is 0 Å². The van der Waals surface area contributed by atoms with E-state index in [-0.39, 0.29) is 36.2 Å². The van der Waals surface area contributed by atoms with Crippen LogP contribution < -0.4 is 5.32 Å². The third-order valence-corrected chi connectivity index (χ3v) is 4.80. The van der Waals surface area contributed by atoms with Gasteiger partial charge in [0.1, 0.15) is 6.10 Å². The van der Waals surface area contributed by atoms with Crippen molar-refractivity contribution in [2.45, 2.75) is 31.8 Å². The Morgan fingerprint density at radius 3 is 2.05 bits per heavy atom. The maximum atomic E-state index is 12.5. The smallest absolute Gasteiger partial charge is 0.251 e. The minimum absolute atomic E-state index is 0. The van der Waals surface area contributed by atoms with Crippen LogP contribution in [0.1, 0.15) is 25.7 Å². The van der Waals surface area contributed by atoms with Crippen molar-refractivity contribution in [3.63, 3.8) is 0 Å². The Labute approximate surface area is 137 Å². The SMILES string of the molecule is Cl.O=C(C1CCNCC1)N1CCN(C(=O)C2CCCO2)CC1. The van der Waals surface area contributed by atoms with Gasteiger partial charge in [0.05, 0.1) is 0 Å². The molecule has 3 rings (SSSR count). The zero-order valence-electron chi connectivity index (χ0n) is 13.0. The zero-order valence-corrected chi connectivity index (χ0v) is 13.8. The molecule has 6 nitrogen and oxygen atoms in total. The molecule has 3 heterocycles. The summed E-state index contributed by atoms with van der Waals surface area (Å²) in [4.78, 5) is 28.5. The van der Waals surface area contributed by atoms with Gasteiger partial charge in [0, 0.05) is 38.7 Å². The summed E-state index contributed by atoms with van der Waals surface area (Å²) in [6, 6.07) is 0. The molecule has 0 bridgehead atoms. The molecule has 3 fully saturated rings. The third kappa shape index (κ3) is 3.91. The Balaban J connectivity index is 0.00000176. The van der Waals surface area contributed by atoms with Crippen molar-refractivity contribution in [2.24, 2.45) is 5.92 Å². The van der Waals surface area contributed by atoms with Crippen LogP contribution in [-0.4, -0.2) is 73.6 Å². The Kier molecular flexibility index (Phi) is 6.47. The lowest BCUT2D eigenvalue weighted by atomic mass is 9.96. The molecule has 0 radical (unpaired) electrons. The average molecular weight is 332 g/mol. The van der Waals surface area contributed by atoms with Crippen LogP contribution in [-0.2, 0) is 14.3 Å². The Morgan fingerprint density at radius 1 is 0.909 bits per heavy atom. The van der Waals surface area contributed by atoms with Crippen LogP contribution in [0.15, 0.2) is 0 Å². The van der Waals surface area contributed by atoms with Gasteiger partial charge in [-0.25, -0.2) is 0 Å². The molecule has 0 aromatic carbocycles. The van der Waals surface area contributed by atoms with Crippen molar-refractivity contribution in [1.82, 2.24) is 15.1 Å². The average Bonchev–Trinajstić information content (AvgIpc) is 3.09. The molecule has 1 atom stereocenters. The quantitative estimate of drug-likeness (QED) is 0.788. The highest BCUT2D eigenvalue weighted by Crippen LogP contribution is 2.19. The molecule has 7 heteroatoms. The number of hydrogen-bond donors (Lipinski definition) is 1. The first-order valence-corrected chi connectivity index (χ1v) is 8.15. The van der Waals surface area contributed by atoms with E-state index < -0.39 is 0 Å². The fourth-order valence-corrected chi connectivity index (χ4v) is 3.45. The first-order valence-electron chi connectivity index (χ1n) is 8.15. The van der Waals surface area contributed by atoms with Crippen LogP contribution in [0.4, 0.5) is 0 Å². The van der Waals surface area contributed by atoms with E-state index in [9.17, 15) is 9.59 Å². The van der Waals surface area contributed by atoms with E-state index in [4.69, 9.17) is 4.74 Å². The highest BCUT2D eigenvalue weighted by molar-refractivity contribution is 5.85. The molecule has 2 amide bonds. The second-order valence-electron chi connectivity index (χ2n) is 6.18. The van der Waals surface area contributed by atoms with Gasteiger partial charge >= 0.3 is 0 Å². The van der Waals surface area contributed by atoms with Gasteiger partial charge in [-0.1, -0.05) is 0 Å². The second kappa shape index (κ2) is 8.13. The Hall–Kier alpha value is -0.850. The predicted molar refractivity (Wildman–Crippen MR) is 85.0 cm³/mol. The Morgan fingerprint density at radius 2 is 1.50 bits per heavy atom. The number of carbonyl (C=O) groups excluding carboxylic acids is 2. The lowest BCUT2D eigenvalue weighted by Gasteiger charge is -2.37. The number of nitrogens with one attached hydrogen (secondary N) is 1. The molecule has 3 aliphatic rings.